The fourth-order valence-corrected chi connectivity index (χ4v) is 4.96. The molecule has 0 spiro atoms. The number of fused-ring (bicyclic) bond motifs is 1. The van der Waals surface area contributed by atoms with Gasteiger partial charge in [-0.3, -0.25) is 14.6 Å². The van der Waals surface area contributed by atoms with Gasteiger partial charge in [0.2, 0.25) is 5.91 Å². The molecule has 1 amide bonds. The minimum atomic E-state index is -0.267. The average Bonchev–Trinajstić information content (AvgIpc) is 3.12. The van der Waals surface area contributed by atoms with Crippen LogP contribution in [0.25, 0.3) is 10.2 Å². The Hall–Kier alpha value is -1.28. The van der Waals surface area contributed by atoms with Crippen LogP contribution in [0.4, 0.5) is 9.52 Å². The highest BCUT2D eigenvalue weighted by atomic mass is 35.5. The largest absolute Gasteiger partial charge is 0.379 e. The second kappa shape index (κ2) is 9.96. The van der Waals surface area contributed by atoms with Crippen LogP contribution in [0.2, 0.25) is 0 Å². The Morgan fingerprint density at radius 2 is 2.00 bits per heavy atom. The summed E-state index contributed by atoms with van der Waals surface area (Å²) in [5, 5.41) is 0.694. The van der Waals surface area contributed by atoms with Crippen molar-refractivity contribution in [1.82, 2.24) is 9.88 Å². The second-order valence-corrected chi connectivity index (χ2v) is 8.40. The molecule has 1 aromatic heterocycles. The number of morpholine rings is 1. The third-order valence-electron chi connectivity index (χ3n) is 5.53. The SMILES string of the molecule is Cl.O=C(C1CCCCC1)N(CCN1CCOCC1)c1nc2ccc(F)cc2s1. The molecule has 1 saturated carbocycles. The third kappa shape index (κ3) is 5.00. The van der Waals surface area contributed by atoms with Crippen molar-refractivity contribution in [3.63, 3.8) is 0 Å². The number of hydrogen-bond donors (Lipinski definition) is 0. The summed E-state index contributed by atoms with van der Waals surface area (Å²) in [4.78, 5) is 22.1. The fourth-order valence-electron chi connectivity index (χ4n) is 3.94. The van der Waals surface area contributed by atoms with Crippen LogP contribution in [-0.2, 0) is 9.53 Å². The Kier molecular flexibility index (Phi) is 7.62. The van der Waals surface area contributed by atoms with Crippen LogP contribution < -0.4 is 4.90 Å². The zero-order valence-electron chi connectivity index (χ0n) is 15.9. The first-order chi connectivity index (χ1) is 13.2. The molecule has 0 N–H and O–H groups in total. The summed E-state index contributed by atoms with van der Waals surface area (Å²) in [6, 6.07) is 4.62. The predicted octanol–water partition coefficient (Wildman–Crippen LogP) is 4.10. The van der Waals surface area contributed by atoms with Crippen molar-refractivity contribution in [2.24, 2.45) is 5.92 Å². The molecule has 2 aromatic rings. The molecule has 2 fully saturated rings. The van der Waals surface area contributed by atoms with E-state index in [4.69, 9.17) is 4.74 Å². The van der Waals surface area contributed by atoms with Gasteiger partial charge in [0.15, 0.2) is 5.13 Å². The van der Waals surface area contributed by atoms with Crippen molar-refractivity contribution in [1.29, 1.82) is 0 Å². The second-order valence-electron chi connectivity index (χ2n) is 7.39. The number of rotatable bonds is 5. The topological polar surface area (TPSA) is 45.7 Å². The number of anilines is 1. The summed E-state index contributed by atoms with van der Waals surface area (Å²) in [7, 11) is 0. The number of ether oxygens (including phenoxy) is 1. The van der Waals surface area contributed by atoms with Crippen LogP contribution in [-0.4, -0.2) is 55.2 Å². The molecule has 2 aliphatic rings. The van der Waals surface area contributed by atoms with E-state index in [1.165, 1.54) is 29.9 Å². The van der Waals surface area contributed by atoms with E-state index < -0.39 is 0 Å². The van der Waals surface area contributed by atoms with E-state index in [0.717, 1.165) is 68.7 Å². The van der Waals surface area contributed by atoms with E-state index in [-0.39, 0.29) is 30.0 Å². The lowest BCUT2D eigenvalue weighted by molar-refractivity contribution is -0.123. The van der Waals surface area contributed by atoms with Crippen molar-refractivity contribution in [2.75, 3.05) is 44.3 Å². The van der Waals surface area contributed by atoms with Crippen LogP contribution in [0.1, 0.15) is 32.1 Å². The molecule has 1 aliphatic heterocycles. The van der Waals surface area contributed by atoms with Crippen LogP contribution in [0.3, 0.4) is 0 Å². The van der Waals surface area contributed by atoms with E-state index in [9.17, 15) is 9.18 Å². The molecule has 5 nitrogen and oxygen atoms in total. The Morgan fingerprint density at radius 1 is 1.25 bits per heavy atom. The molecule has 0 radical (unpaired) electrons. The van der Waals surface area contributed by atoms with Gasteiger partial charge < -0.3 is 4.74 Å². The molecule has 4 rings (SSSR count). The first kappa shape index (κ1) is 21.4. The van der Waals surface area contributed by atoms with Gasteiger partial charge >= 0.3 is 0 Å². The number of benzene rings is 1. The van der Waals surface area contributed by atoms with Gasteiger partial charge in [0, 0.05) is 32.1 Å². The Balaban J connectivity index is 0.00000225. The highest BCUT2D eigenvalue weighted by Crippen LogP contribution is 2.32. The summed E-state index contributed by atoms with van der Waals surface area (Å²) in [6.07, 6.45) is 5.40. The molecule has 8 heteroatoms. The molecule has 1 aromatic carbocycles. The van der Waals surface area contributed by atoms with E-state index in [2.05, 4.69) is 9.88 Å². The van der Waals surface area contributed by atoms with Crippen LogP contribution >= 0.6 is 23.7 Å². The van der Waals surface area contributed by atoms with Gasteiger partial charge in [-0.25, -0.2) is 9.37 Å². The lowest BCUT2D eigenvalue weighted by Gasteiger charge is -2.31. The number of halogens is 2. The van der Waals surface area contributed by atoms with Crippen molar-refractivity contribution in [3.05, 3.63) is 24.0 Å². The Labute approximate surface area is 175 Å². The molecular formula is C20H27ClFN3O2S. The van der Waals surface area contributed by atoms with Crippen LogP contribution in [0.5, 0.6) is 0 Å². The summed E-state index contributed by atoms with van der Waals surface area (Å²) in [5.74, 6) is 0.00542. The quantitative estimate of drug-likeness (QED) is 0.720. The van der Waals surface area contributed by atoms with E-state index in [1.807, 2.05) is 4.90 Å². The zero-order valence-corrected chi connectivity index (χ0v) is 17.6. The summed E-state index contributed by atoms with van der Waals surface area (Å²) >= 11 is 1.41. The van der Waals surface area contributed by atoms with Crippen molar-refractivity contribution in [2.45, 2.75) is 32.1 Å². The minimum Gasteiger partial charge on any atom is -0.379 e. The maximum atomic E-state index is 13.6. The van der Waals surface area contributed by atoms with Gasteiger partial charge in [0.1, 0.15) is 5.82 Å². The summed E-state index contributed by atoms with van der Waals surface area (Å²) < 4.78 is 19.8. The van der Waals surface area contributed by atoms with Gasteiger partial charge in [-0.05, 0) is 31.0 Å². The van der Waals surface area contributed by atoms with Gasteiger partial charge in [0.05, 0.1) is 23.4 Å². The molecule has 0 atom stereocenters. The smallest absolute Gasteiger partial charge is 0.231 e. The molecule has 154 valence electrons. The highest BCUT2D eigenvalue weighted by molar-refractivity contribution is 7.22. The van der Waals surface area contributed by atoms with Gasteiger partial charge in [-0.15, -0.1) is 12.4 Å². The molecule has 28 heavy (non-hydrogen) atoms. The number of carbonyl (C=O) groups is 1. The average molecular weight is 428 g/mol. The third-order valence-corrected chi connectivity index (χ3v) is 6.58. The first-order valence-electron chi connectivity index (χ1n) is 9.88. The first-order valence-corrected chi connectivity index (χ1v) is 10.7. The maximum absolute atomic E-state index is 13.6. The Morgan fingerprint density at radius 3 is 2.75 bits per heavy atom. The minimum absolute atomic E-state index is 0. The number of hydrogen-bond acceptors (Lipinski definition) is 5. The maximum Gasteiger partial charge on any atom is 0.231 e. The highest BCUT2D eigenvalue weighted by Gasteiger charge is 2.29. The van der Waals surface area contributed by atoms with E-state index >= 15 is 0 Å². The summed E-state index contributed by atoms with van der Waals surface area (Å²) in [5.41, 5.74) is 0.754. The Bertz CT molecular complexity index is 791. The molecule has 1 aliphatic carbocycles. The van der Waals surface area contributed by atoms with E-state index in [1.54, 1.807) is 6.07 Å². The number of amides is 1. The van der Waals surface area contributed by atoms with Gasteiger partial charge in [0.25, 0.3) is 0 Å². The lowest BCUT2D eigenvalue weighted by Crippen LogP contribution is -2.45. The molecular weight excluding hydrogens is 401 g/mol. The van der Waals surface area contributed by atoms with Gasteiger partial charge in [-0.2, -0.15) is 0 Å². The lowest BCUT2D eigenvalue weighted by atomic mass is 9.88. The fraction of sp³-hybridized carbons (Fsp3) is 0.600. The molecule has 2 heterocycles. The summed E-state index contributed by atoms with van der Waals surface area (Å²) in [6.45, 7) is 4.73. The number of nitrogens with zero attached hydrogens (tertiary/aromatic N) is 3. The zero-order chi connectivity index (χ0) is 18.6. The van der Waals surface area contributed by atoms with Crippen LogP contribution in [0, 0.1) is 11.7 Å². The number of aromatic nitrogens is 1. The standard InChI is InChI=1S/C20H26FN3O2S.ClH/c21-16-6-7-17-18(14-16)27-20(22-17)24(9-8-23-10-12-26-13-11-23)19(25)15-4-2-1-3-5-15;/h6-7,14-15H,1-5,8-13H2;1H. The number of carbonyl (C=O) groups excluding carboxylic acids is 1. The predicted molar refractivity (Wildman–Crippen MR) is 113 cm³/mol. The normalized spacial score (nSPS) is 18.8. The van der Waals surface area contributed by atoms with Crippen molar-refractivity contribution in [3.8, 4) is 0 Å². The van der Waals surface area contributed by atoms with E-state index in [0.29, 0.717) is 11.7 Å². The van der Waals surface area contributed by atoms with Crippen molar-refractivity contribution >= 4 is 45.0 Å². The van der Waals surface area contributed by atoms with Gasteiger partial charge in [-0.1, -0.05) is 30.6 Å². The number of thiazole rings is 1. The molecule has 0 unspecified atom stereocenters. The van der Waals surface area contributed by atoms with Crippen LogP contribution in [0.15, 0.2) is 18.2 Å². The molecule has 0 bridgehead atoms. The van der Waals surface area contributed by atoms with Crippen molar-refractivity contribution < 1.29 is 13.9 Å². The molecule has 1 saturated heterocycles. The monoisotopic (exact) mass is 427 g/mol.